The number of nitrogens with zero attached hydrogens (tertiary/aromatic N) is 1. The van der Waals surface area contributed by atoms with E-state index in [0.29, 0.717) is 26.2 Å². The Labute approximate surface area is 114 Å². The fourth-order valence-corrected chi connectivity index (χ4v) is 1.61. The lowest BCUT2D eigenvalue weighted by Gasteiger charge is -2.20. The van der Waals surface area contributed by atoms with Gasteiger partial charge >= 0.3 is 6.03 Å². The van der Waals surface area contributed by atoms with E-state index >= 15 is 0 Å². The van der Waals surface area contributed by atoms with Gasteiger partial charge in [-0.15, -0.1) is 0 Å². The Balaban J connectivity index is 2.11. The first kappa shape index (κ1) is 15.3. The fourth-order valence-electron chi connectivity index (χ4n) is 1.61. The van der Waals surface area contributed by atoms with Crippen LogP contribution in [-0.2, 0) is 0 Å². The van der Waals surface area contributed by atoms with Gasteiger partial charge in [-0.3, -0.25) is 0 Å². The smallest absolute Gasteiger partial charge is 0.317 e. The molecule has 0 aliphatic carbocycles. The maximum absolute atomic E-state index is 11.7. The highest BCUT2D eigenvalue weighted by Gasteiger charge is 2.09. The van der Waals surface area contributed by atoms with E-state index in [-0.39, 0.29) is 12.6 Å². The number of likely N-dealkylation sites (N-methyl/N-ethyl adjacent to an activating group) is 1. The Kier molecular flexibility index (Phi) is 7.43. The number of ether oxygens (including phenoxy) is 1. The van der Waals surface area contributed by atoms with Crippen LogP contribution in [0.2, 0.25) is 0 Å². The minimum absolute atomic E-state index is 0.0155. The molecule has 1 aromatic rings. The number of benzene rings is 1. The van der Waals surface area contributed by atoms with Crippen molar-refractivity contribution in [2.24, 2.45) is 0 Å². The van der Waals surface area contributed by atoms with Crippen molar-refractivity contribution in [1.82, 2.24) is 10.2 Å². The minimum atomic E-state index is -0.142. The predicted molar refractivity (Wildman–Crippen MR) is 74.3 cm³/mol. The van der Waals surface area contributed by atoms with Gasteiger partial charge in [0.05, 0.1) is 13.2 Å². The van der Waals surface area contributed by atoms with E-state index in [1.807, 2.05) is 37.3 Å². The molecule has 5 nitrogen and oxygen atoms in total. The van der Waals surface area contributed by atoms with Gasteiger partial charge in [0, 0.05) is 19.6 Å². The summed E-state index contributed by atoms with van der Waals surface area (Å²) in [6.07, 6.45) is 0.747. The summed E-state index contributed by atoms with van der Waals surface area (Å²) in [6, 6.07) is 9.44. The van der Waals surface area contributed by atoms with Crippen molar-refractivity contribution >= 4 is 6.03 Å². The maximum atomic E-state index is 11.7. The van der Waals surface area contributed by atoms with Gasteiger partial charge < -0.3 is 20.1 Å². The first-order valence-corrected chi connectivity index (χ1v) is 6.59. The molecule has 106 valence electrons. The molecule has 1 rings (SSSR count). The van der Waals surface area contributed by atoms with E-state index in [0.717, 1.165) is 12.2 Å². The Hall–Kier alpha value is -1.75. The SMILES string of the molecule is CCN(CCO)C(=O)NCCCOc1ccccc1. The zero-order valence-electron chi connectivity index (χ0n) is 11.3. The zero-order chi connectivity index (χ0) is 13.9. The lowest BCUT2D eigenvalue weighted by atomic mass is 10.3. The van der Waals surface area contributed by atoms with E-state index in [4.69, 9.17) is 9.84 Å². The first-order valence-electron chi connectivity index (χ1n) is 6.59. The molecule has 0 aliphatic rings. The lowest BCUT2D eigenvalue weighted by Crippen LogP contribution is -2.41. The lowest BCUT2D eigenvalue weighted by molar-refractivity contribution is 0.179. The molecule has 0 saturated carbocycles. The second kappa shape index (κ2) is 9.22. The highest BCUT2D eigenvalue weighted by Crippen LogP contribution is 2.07. The molecule has 5 heteroatoms. The molecule has 0 aromatic heterocycles. The average molecular weight is 266 g/mol. The molecular weight excluding hydrogens is 244 g/mol. The number of urea groups is 1. The zero-order valence-corrected chi connectivity index (χ0v) is 11.3. The molecule has 0 radical (unpaired) electrons. The predicted octanol–water partition coefficient (Wildman–Crippen LogP) is 1.48. The summed E-state index contributed by atoms with van der Waals surface area (Å²) in [5.74, 6) is 0.837. The normalized spacial score (nSPS) is 10.0. The number of para-hydroxylation sites is 1. The molecule has 1 aromatic carbocycles. The summed E-state index contributed by atoms with van der Waals surface area (Å²) in [5.41, 5.74) is 0. The van der Waals surface area contributed by atoms with Crippen LogP contribution >= 0.6 is 0 Å². The fraction of sp³-hybridized carbons (Fsp3) is 0.500. The molecule has 0 unspecified atom stereocenters. The molecule has 2 amide bonds. The summed E-state index contributed by atoms with van der Waals surface area (Å²) in [5, 5.41) is 11.6. The highest BCUT2D eigenvalue weighted by atomic mass is 16.5. The van der Waals surface area contributed by atoms with Crippen LogP contribution in [0.25, 0.3) is 0 Å². The first-order chi connectivity index (χ1) is 9.27. The van der Waals surface area contributed by atoms with E-state index in [1.54, 1.807) is 4.90 Å². The van der Waals surface area contributed by atoms with Crippen molar-refractivity contribution in [3.8, 4) is 5.75 Å². The summed E-state index contributed by atoms with van der Waals surface area (Å²) < 4.78 is 5.52. The summed E-state index contributed by atoms with van der Waals surface area (Å²) in [7, 11) is 0. The second-order valence-corrected chi connectivity index (χ2v) is 4.05. The molecule has 19 heavy (non-hydrogen) atoms. The van der Waals surface area contributed by atoms with Crippen molar-refractivity contribution in [2.45, 2.75) is 13.3 Å². The second-order valence-electron chi connectivity index (χ2n) is 4.05. The molecular formula is C14H22N2O3. The third-order valence-corrected chi connectivity index (χ3v) is 2.65. The topological polar surface area (TPSA) is 61.8 Å². The maximum Gasteiger partial charge on any atom is 0.317 e. The van der Waals surface area contributed by atoms with Crippen LogP contribution in [0.3, 0.4) is 0 Å². The number of carbonyl (C=O) groups excluding carboxylic acids is 1. The highest BCUT2D eigenvalue weighted by molar-refractivity contribution is 5.74. The van der Waals surface area contributed by atoms with Crippen molar-refractivity contribution in [2.75, 3.05) is 32.8 Å². The Morgan fingerprint density at radius 3 is 2.74 bits per heavy atom. The molecule has 0 heterocycles. The summed E-state index contributed by atoms with van der Waals surface area (Å²) >= 11 is 0. The largest absolute Gasteiger partial charge is 0.494 e. The van der Waals surface area contributed by atoms with Gasteiger partial charge in [0.25, 0.3) is 0 Å². The Morgan fingerprint density at radius 2 is 2.11 bits per heavy atom. The van der Waals surface area contributed by atoms with Crippen LogP contribution in [-0.4, -0.2) is 48.9 Å². The Morgan fingerprint density at radius 1 is 1.37 bits per heavy atom. The van der Waals surface area contributed by atoms with Gasteiger partial charge in [-0.25, -0.2) is 4.79 Å². The number of carbonyl (C=O) groups is 1. The van der Waals surface area contributed by atoms with Crippen LogP contribution in [0.4, 0.5) is 4.79 Å². The van der Waals surface area contributed by atoms with Crippen LogP contribution in [0.1, 0.15) is 13.3 Å². The number of aliphatic hydroxyl groups is 1. The average Bonchev–Trinajstić information content (AvgIpc) is 2.45. The summed E-state index contributed by atoms with van der Waals surface area (Å²) in [6.45, 7) is 3.95. The number of aliphatic hydroxyl groups excluding tert-OH is 1. The third-order valence-electron chi connectivity index (χ3n) is 2.65. The van der Waals surface area contributed by atoms with Crippen LogP contribution in [0.15, 0.2) is 30.3 Å². The molecule has 0 spiro atoms. The Bertz CT molecular complexity index is 357. The standard InChI is InChI=1S/C14H22N2O3/c1-2-16(10-11-17)14(18)15-9-6-12-19-13-7-4-3-5-8-13/h3-5,7-8,17H,2,6,9-12H2,1H3,(H,15,18). The molecule has 0 bridgehead atoms. The number of nitrogens with one attached hydrogen (secondary N) is 1. The molecule has 0 aliphatic heterocycles. The molecule has 0 saturated heterocycles. The van der Waals surface area contributed by atoms with Gasteiger partial charge in [0.2, 0.25) is 0 Å². The quantitative estimate of drug-likeness (QED) is 0.701. The van der Waals surface area contributed by atoms with Crippen molar-refractivity contribution in [1.29, 1.82) is 0 Å². The number of hydrogen-bond donors (Lipinski definition) is 2. The minimum Gasteiger partial charge on any atom is -0.494 e. The number of hydrogen-bond acceptors (Lipinski definition) is 3. The van der Waals surface area contributed by atoms with Gasteiger partial charge in [-0.05, 0) is 25.5 Å². The van der Waals surface area contributed by atoms with E-state index in [1.165, 1.54) is 0 Å². The molecule has 0 atom stereocenters. The molecule has 2 N–H and O–H groups in total. The van der Waals surface area contributed by atoms with Crippen LogP contribution in [0, 0.1) is 0 Å². The van der Waals surface area contributed by atoms with E-state index < -0.39 is 0 Å². The van der Waals surface area contributed by atoms with Crippen LogP contribution < -0.4 is 10.1 Å². The molecule has 0 fully saturated rings. The van der Waals surface area contributed by atoms with Gasteiger partial charge in [0.1, 0.15) is 5.75 Å². The number of rotatable bonds is 8. The summed E-state index contributed by atoms with van der Waals surface area (Å²) in [4.78, 5) is 13.2. The van der Waals surface area contributed by atoms with Crippen molar-refractivity contribution in [3.63, 3.8) is 0 Å². The van der Waals surface area contributed by atoms with E-state index in [2.05, 4.69) is 5.32 Å². The monoisotopic (exact) mass is 266 g/mol. The van der Waals surface area contributed by atoms with Crippen molar-refractivity contribution in [3.05, 3.63) is 30.3 Å². The number of amides is 2. The van der Waals surface area contributed by atoms with E-state index in [9.17, 15) is 4.79 Å². The van der Waals surface area contributed by atoms with Crippen molar-refractivity contribution < 1.29 is 14.6 Å². The van der Waals surface area contributed by atoms with Gasteiger partial charge in [0.15, 0.2) is 0 Å². The van der Waals surface area contributed by atoms with Crippen LogP contribution in [0.5, 0.6) is 5.75 Å². The van der Waals surface area contributed by atoms with Gasteiger partial charge in [-0.2, -0.15) is 0 Å². The third kappa shape index (κ3) is 6.10. The van der Waals surface area contributed by atoms with Gasteiger partial charge in [-0.1, -0.05) is 18.2 Å².